The lowest BCUT2D eigenvalue weighted by Gasteiger charge is -2.19. The van der Waals surface area contributed by atoms with Crippen LogP contribution in [-0.4, -0.2) is 44.7 Å². The predicted molar refractivity (Wildman–Crippen MR) is 106 cm³/mol. The van der Waals surface area contributed by atoms with Crippen LogP contribution in [0.1, 0.15) is 37.7 Å². The lowest BCUT2D eigenvalue weighted by atomic mass is 10.1. The topological polar surface area (TPSA) is 72.1 Å². The van der Waals surface area contributed by atoms with Gasteiger partial charge in [-0.1, -0.05) is 6.92 Å². The smallest absolute Gasteiger partial charge is 0.191 e. The summed E-state index contributed by atoms with van der Waals surface area (Å²) >= 11 is 0. The maximum atomic E-state index is 4.76. The van der Waals surface area contributed by atoms with Gasteiger partial charge in [0.15, 0.2) is 5.96 Å². The predicted octanol–water partition coefficient (Wildman–Crippen LogP) is 2.06. The van der Waals surface area contributed by atoms with Crippen molar-refractivity contribution in [3.05, 3.63) is 35.4 Å². The SMILES string of the molecule is CCNC(=NCC(C)Cn1cccn1)NC(C)Cc1c(C)nn(C)c1C. The number of nitrogens with zero attached hydrogens (tertiary/aromatic N) is 5. The summed E-state index contributed by atoms with van der Waals surface area (Å²) in [7, 11) is 2.00. The third-order valence-corrected chi connectivity index (χ3v) is 4.52. The summed E-state index contributed by atoms with van der Waals surface area (Å²) in [5, 5.41) is 15.6. The third kappa shape index (κ3) is 5.61. The van der Waals surface area contributed by atoms with Gasteiger partial charge < -0.3 is 10.6 Å². The summed E-state index contributed by atoms with van der Waals surface area (Å²) in [6.45, 7) is 13.1. The van der Waals surface area contributed by atoms with E-state index in [-0.39, 0.29) is 6.04 Å². The average molecular weight is 360 g/mol. The minimum atomic E-state index is 0.274. The Morgan fingerprint density at radius 3 is 2.65 bits per heavy atom. The Labute approximate surface area is 156 Å². The molecule has 2 aromatic heterocycles. The fraction of sp³-hybridized carbons (Fsp3) is 0.632. The second-order valence-electron chi connectivity index (χ2n) is 7.08. The minimum Gasteiger partial charge on any atom is -0.357 e. The highest BCUT2D eigenvalue weighted by atomic mass is 15.3. The summed E-state index contributed by atoms with van der Waals surface area (Å²) in [5.41, 5.74) is 3.65. The van der Waals surface area contributed by atoms with Crippen LogP contribution in [-0.2, 0) is 20.0 Å². The van der Waals surface area contributed by atoms with Crippen molar-refractivity contribution in [1.82, 2.24) is 30.2 Å². The molecule has 0 spiro atoms. The molecule has 26 heavy (non-hydrogen) atoms. The van der Waals surface area contributed by atoms with Crippen LogP contribution in [0.5, 0.6) is 0 Å². The molecule has 7 heteroatoms. The largest absolute Gasteiger partial charge is 0.357 e. The van der Waals surface area contributed by atoms with Crippen LogP contribution in [0, 0.1) is 19.8 Å². The first-order valence-corrected chi connectivity index (χ1v) is 9.42. The fourth-order valence-corrected chi connectivity index (χ4v) is 3.06. The van der Waals surface area contributed by atoms with Crippen molar-refractivity contribution in [2.45, 2.75) is 53.6 Å². The Morgan fingerprint density at radius 1 is 1.31 bits per heavy atom. The van der Waals surface area contributed by atoms with Gasteiger partial charge in [0, 0.05) is 50.8 Å². The van der Waals surface area contributed by atoms with Crippen LogP contribution in [0.15, 0.2) is 23.5 Å². The van der Waals surface area contributed by atoms with Crippen molar-refractivity contribution in [2.24, 2.45) is 18.0 Å². The van der Waals surface area contributed by atoms with Crippen molar-refractivity contribution in [1.29, 1.82) is 0 Å². The van der Waals surface area contributed by atoms with Crippen molar-refractivity contribution in [2.75, 3.05) is 13.1 Å². The number of rotatable bonds is 8. The first-order valence-electron chi connectivity index (χ1n) is 9.42. The van der Waals surface area contributed by atoms with Gasteiger partial charge in [-0.3, -0.25) is 14.4 Å². The van der Waals surface area contributed by atoms with Gasteiger partial charge in [-0.2, -0.15) is 10.2 Å². The van der Waals surface area contributed by atoms with E-state index in [9.17, 15) is 0 Å². The molecular formula is C19H33N7. The van der Waals surface area contributed by atoms with Crippen LogP contribution < -0.4 is 10.6 Å². The normalized spacial score (nSPS) is 14.3. The molecule has 0 amide bonds. The molecule has 2 N–H and O–H groups in total. The van der Waals surface area contributed by atoms with Crippen molar-refractivity contribution < 1.29 is 0 Å². The van der Waals surface area contributed by atoms with Gasteiger partial charge in [-0.15, -0.1) is 0 Å². The zero-order valence-electron chi connectivity index (χ0n) is 17.0. The number of hydrogen-bond donors (Lipinski definition) is 2. The summed E-state index contributed by atoms with van der Waals surface area (Å²) in [6.07, 6.45) is 4.73. The van der Waals surface area contributed by atoms with Crippen LogP contribution in [0.4, 0.5) is 0 Å². The summed E-state index contributed by atoms with van der Waals surface area (Å²) in [6, 6.07) is 2.22. The number of aryl methyl sites for hydroxylation is 2. The molecular weight excluding hydrogens is 326 g/mol. The van der Waals surface area contributed by atoms with Gasteiger partial charge in [-0.05, 0) is 51.7 Å². The molecule has 0 aliphatic carbocycles. The number of nitrogens with one attached hydrogen (secondary N) is 2. The Hall–Kier alpha value is -2.31. The molecule has 2 rings (SSSR count). The maximum Gasteiger partial charge on any atom is 0.191 e. The molecule has 0 radical (unpaired) electrons. The number of aliphatic imine (C=N–C) groups is 1. The molecule has 0 fully saturated rings. The van der Waals surface area contributed by atoms with Gasteiger partial charge >= 0.3 is 0 Å². The fourth-order valence-electron chi connectivity index (χ4n) is 3.06. The molecule has 0 saturated heterocycles. The third-order valence-electron chi connectivity index (χ3n) is 4.52. The number of hydrogen-bond acceptors (Lipinski definition) is 3. The Morgan fingerprint density at radius 2 is 2.08 bits per heavy atom. The molecule has 0 aliphatic heterocycles. The van der Waals surface area contributed by atoms with E-state index in [1.54, 1.807) is 0 Å². The van der Waals surface area contributed by atoms with Gasteiger partial charge in [0.25, 0.3) is 0 Å². The standard InChI is InChI=1S/C19H33N7/c1-7-20-19(21-12-14(2)13-26-10-8-9-22-26)23-15(3)11-18-16(4)24-25(6)17(18)5/h8-10,14-15H,7,11-13H2,1-6H3,(H2,20,21,23). The van der Waals surface area contributed by atoms with E-state index in [2.05, 4.69) is 55.4 Å². The molecule has 2 aromatic rings. The Balaban J connectivity index is 1.93. The van der Waals surface area contributed by atoms with E-state index >= 15 is 0 Å². The van der Waals surface area contributed by atoms with Crippen LogP contribution in [0.2, 0.25) is 0 Å². The van der Waals surface area contributed by atoms with E-state index in [0.29, 0.717) is 5.92 Å². The first-order chi connectivity index (χ1) is 12.4. The quantitative estimate of drug-likeness (QED) is 0.559. The first kappa shape index (κ1) is 20.0. The molecule has 0 bridgehead atoms. The van der Waals surface area contributed by atoms with E-state index in [1.807, 2.05) is 34.9 Å². The van der Waals surface area contributed by atoms with Gasteiger partial charge in [0.1, 0.15) is 0 Å². The van der Waals surface area contributed by atoms with Crippen molar-refractivity contribution in [3.63, 3.8) is 0 Å². The second-order valence-corrected chi connectivity index (χ2v) is 7.08. The zero-order chi connectivity index (χ0) is 19.1. The van der Waals surface area contributed by atoms with Crippen LogP contribution in [0.25, 0.3) is 0 Å². The zero-order valence-corrected chi connectivity index (χ0v) is 17.0. The van der Waals surface area contributed by atoms with Crippen molar-refractivity contribution >= 4 is 5.96 Å². The van der Waals surface area contributed by atoms with Gasteiger partial charge in [-0.25, -0.2) is 0 Å². The summed E-state index contributed by atoms with van der Waals surface area (Å²) < 4.78 is 3.91. The number of guanidine groups is 1. The highest BCUT2D eigenvalue weighted by Gasteiger charge is 2.14. The molecule has 2 atom stereocenters. The Kier molecular flexibility index (Phi) is 7.24. The van der Waals surface area contributed by atoms with Gasteiger partial charge in [0.2, 0.25) is 0 Å². The van der Waals surface area contributed by atoms with Crippen LogP contribution >= 0.6 is 0 Å². The van der Waals surface area contributed by atoms with E-state index < -0.39 is 0 Å². The van der Waals surface area contributed by atoms with E-state index in [1.165, 1.54) is 11.3 Å². The Bertz CT molecular complexity index is 700. The number of aromatic nitrogens is 4. The van der Waals surface area contributed by atoms with Gasteiger partial charge in [0.05, 0.1) is 5.69 Å². The molecule has 2 heterocycles. The minimum absolute atomic E-state index is 0.274. The average Bonchev–Trinajstić information content (AvgIpc) is 3.17. The molecule has 0 aliphatic rings. The maximum absolute atomic E-state index is 4.76. The van der Waals surface area contributed by atoms with Crippen molar-refractivity contribution in [3.8, 4) is 0 Å². The molecule has 7 nitrogen and oxygen atoms in total. The molecule has 0 aromatic carbocycles. The monoisotopic (exact) mass is 359 g/mol. The molecule has 2 unspecified atom stereocenters. The highest BCUT2D eigenvalue weighted by Crippen LogP contribution is 2.14. The van der Waals surface area contributed by atoms with Crippen LogP contribution in [0.3, 0.4) is 0 Å². The second kappa shape index (κ2) is 9.40. The van der Waals surface area contributed by atoms with E-state index in [0.717, 1.165) is 37.7 Å². The summed E-state index contributed by atoms with van der Waals surface area (Å²) in [4.78, 5) is 4.76. The molecule has 144 valence electrons. The lowest BCUT2D eigenvalue weighted by molar-refractivity contribution is 0.457. The van der Waals surface area contributed by atoms with E-state index in [4.69, 9.17) is 4.99 Å². The highest BCUT2D eigenvalue weighted by molar-refractivity contribution is 5.80. The molecule has 0 saturated carbocycles. The lowest BCUT2D eigenvalue weighted by Crippen LogP contribution is -2.43. The summed E-state index contributed by atoms with van der Waals surface area (Å²) in [5.74, 6) is 1.29.